The molecule has 0 fully saturated rings. The molecule has 0 saturated heterocycles. The molecule has 1 aliphatic rings. The van der Waals surface area contributed by atoms with E-state index in [1.165, 1.54) is 36.4 Å². The van der Waals surface area contributed by atoms with Gasteiger partial charge in [-0.1, -0.05) is 18.2 Å². The molecule has 1 aromatic heterocycles. The molecule has 0 saturated carbocycles. The molecular formula is C20H16N6O5S. The lowest BCUT2D eigenvalue weighted by Gasteiger charge is -2.08. The maximum atomic E-state index is 12.7. The topological polar surface area (TPSA) is 156 Å². The van der Waals surface area contributed by atoms with Crippen LogP contribution < -0.4 is 15.5 Å². The lowest BCUT2D eigenvalue weighted by atomic mass is 10.1. The Hall–Kier alpha value is -4.16. The number of nitrogens with one attached hydrogen (secondary N) is 3. The van der Waals surface area contributed by atoms with E-state index in [9.17, 15) is 23.3 Å². The second-order valence-electron chi connectivity index (χ2n) is 6.65. The third-order valence-corrected chi connectivity index (χ3v) is 5.98. The quantitative estimate of drug-likeness (QED) is 0.367. The van der Waals surface area contributed by atoms with Crippen LogP contribution in [0.5, 0.6) is 0 Å². The lowest BCUT2D eigenvalue weighted by molar-refractivity contribution is -0.384. The third-order valence-electron chi connectivity index (χ3n) is 4.58. The number of hydrogen-bond acceptors (Lipinski definition) is 8. The third kappa shape index (κ3) is 4.31. The molecule has 3 aromatic rings. The van der Waals surface area contributed by atoms with Crippen molar-refractivity contribution in [1.82, 2.24) is 9.71 Å². The van der Waals surface area contributed by atoms with E-state index in [1.54, 1.807) is 30.5 Å². The number of rotatable bonds is 7. The van der Waals surface area contributed by atoms with Crippen LogP contribution in [0.1, 0.15) is 11.3 Å². The number of anilines is 2. The van der Waals surface area contributed by atoms with Crippen molar-refractivity contribution in [2.75, 3.05) is 10.7 Å². The molecule has 162 valence electrons. The van der Waals surface area contributed by atoms with E-state index < -0.39 is 20.9 Å². The number of benzene rings is 2. The number of hydrazone groups is 1. The van der Waals surface area contributed by atoms with Crippen LogP contribution in [0, 0.1) is 10.1 Å². The normalized spacial score (nSPS) is 14.1. The van der Waals surface area contributed by atoms with Crippen molar-refractivity contribution in [3.63, 3.8) is 0 Å². The van der Waals surface area contributed by atoms with Gasteiger partial charge in [-0.25, -0.2) is 13.1 Å². The zero-order chi connectivity index (χ0) is 22.7. The van der Waals surface area contributed by atoms with Crippen LogP contribution in [0.25, 0.3) is 0 Å². The number of nitrogens with zero attached hydrogens (tertiary/aromatic N) is 3. The first-order valence-corrected chi connectivity index (χ1v) is 10.8. The van der Waals surface area contributed by atoms with Crippen molar-refractivity contribution >= 4 is 38.7 Å². The van der Waals surface area contributed by atoms with Gasteiger partial charge in [0.05, 0.1) is 27.7 Å². The molecule has 2 heterocycles. The molecule has 0 aliphatic carbocycles. The molecule has 2 aromatic carbocycles. The van der Waals surface area contributed by atoms with Gasteiger partial charge in [0.1, 0.15) is 5.69 Å². The van der Waals surface area contributed by atoms with E-state index in [-0.39, 0.29) is 34.1 Å². The summed E-state index contributed by atoms with van der Waals surface area (Å²) in [6, 6.07) is 15.1. The predicted octanol–water partition coefficient (Wildman–Crippen LogP) is 2.24. The highest BCUT2D eigenvalue weighted by molar-refractivity contribution is 7.89. The smallest absolute Gasteiger partial charge is 0.294 e. The standard InChI is InChI=1S/C20H16N6O5S/c27-20-19(25-24-17-6-1-2-7-18(17)26(28)29)15-11-14(8-9-16(15)23-20)32(30,31)22-12-13-5-3-4-10-21-13/h1-11,22,24H,12H2,(H,23,25,27). The van der Waals surface area contributed by atoms with Gasteiger partial charge in [-0.15, -0.1) is 0 Å². The number of pyridine rings is 1. The fourth-order valence-electron chi connectivity index (χ4n) is 3.01. The Balaban J connectivity index is 1.61. The summed E-state index contributed by atoms with van der Waals surface area (Å²) in [5, 5.41) is 17.7. The number of carbonyl (C=O) groups is 1. The van der Waals surface area contributed by atoms with Crippen LogP contribution >= 0.6 is 0 Å². The van der Waals surface area contributed by atoms with Crippen molar-refractivity contribution < 1.29 is 18.1 Å². The van der Waals surface area contributed by atoms with Crippen LogP contribution in [-0.2, 0) is 21.4 Å². The molecule has 1 amide bonds. The highest BCUT2D eigenvalue weighted by Crippen LogP contribution is 2.28. The van der Waals surface area contributed by atoms with E-state index >= 15 is 0 Å². The molecule has 0 bridgehead atoms. The van der Waals surface area contributed by atoms with E-state index in [1.807, 2.05) is 0 Å². The van der Waals surface area contributed by atoms with Crippen LogP contribution in [0.4, 0.5) is 17.1 Å². The number of nitro groups is 1. The summed E-state index contributed by atoms with van der Waals surface area (Å²) in [6.45, 7) is -0.00237. The van der Waals surface area contributed by atoms with Crippen molar-refractivity contribution in [1.29, 1.82) is 0 Å². The summed E-state index contributed by atoms with van der Waals surface area (Å²) in [5.41, 5.74) is 3.47. The van der Waals surface area contributed by atoms with Gasteiger partial charge < -0.3 is 5.32 Å². The van der Waals surface area contributed by atoms with Gasteiger partial charge >= 0.3 is 0 Å². The minimum atomic E-state index is -3.90. The van der Waals surface area contributed by atoms with Crippen molar-refractivity contribution in [3.8, 4) is 0 Å². The van der Waals surface area contributed by atoms with Crippen LogP contribution in [0.3, 0.4) is 0 Å². The SMILES string of the molecule is O=C1Nc2ccc(S(=O)(=O)NCc3ccccn3)cc2/C1=N/Nc1ccccc1[N+](=O)[O-]. The summed E-state index contributed by atoms with van der Waals surface area (Å²) in [5.74, 6) is -0.568. The molecule has 1 aliphatic heterocycles. The Morgan fingerprint density at radius 3 is 2.62 bits per heavy atom. The lowest BCUT2D eigenvalue weighted by Crippen LogP contribution is -2.24. The summed E-state index contributed by atoms with van der Waals surface area (Å²) in [4.78, 5) is 26.9. The minimum Gasteiger partial charge on any atom is -0.320 e. The summed E-state index contributed by atoms with van der Waals surface area (Å²) in [7, 11) is -3.90. The van der Waals surface area contributed by atoms with Gasteiger partial charge in [-0.2, -0.15) is 5.10 Å². The maximum Gasteiger partial charge on any atom is 0.294 e. The number of hydrogen-bond donors (Lipinski definition) is 3. The van der Waals surface area contributed by atoms with Gasteiger partial charge in [-0.05, 0) is 36.4 Å². The Kier molecular flexibility index (Phi) is 5.62. The number of nitro benzene ring substituents is 1. The number of sulfonamides is 1. The summed E-state index contributed by atoms with van der Waals surface area (Å²) >= 11 is 0. The van der Waals surface area contributed by atoms with Crippen molar-refractivity contribution in [3.05, 3.63) is 88.2 Å². The Labute approximate surface area is 182 Å². The summed E-state index contributed by atoms with van der Waals surface area (Å²) < 4.78 is 27.9. The Morgan fingerprint density at radius 2 is 1.88 bits per heavy atom. The van der Waals surface area contributed by atoms with Crippen molar-refractivity contribution in [2.24, 2.45) is 5.10 Å². The first-order chi connectivity index (χ1) is 15.3. The maximum absolute atomic E-state index is 12.7. The minimum absolute atomic E-state index is 0.00237. The van der Waals surface area contributed by atoms with E-state index in [0.717, 1.165) is 0 Å². The predicted molar refractivity (Wildman–Crippen MR) is 117 cm³/mol. The molecule has 3 N–H and O–H groups in total. The highest BCUT2D eigenvalue weighted by Gasteiger charge is 2.29. The molecule has 0 radical (unpaired) electrons. The molecule has 4 rings (SSSR count). The van der Waals surface area contributed by atoms with E-state index in [4.69, 9.17) is 0 Å². The second kappa shape index (κ2) is 8.53. The molecule has 0 unspecified atom stereocenters. The largest absolute Gasteiger partial charge is 0.320 e. The molecule has 0 spiro atoms. The fourth-order valence-corrected chi connectivity index (χ4v) is 4.03. The van der Waals surface area contributed by atoms with Gasteiger partial charge in [0.25, 0.3) is 11.6 Å². The number of fused-ring (bicyclic) bond motifs is 1. The zero-order valence-corrected chi connectivity index (χ0v) is 17.2. The second-order valence-corrected chi connectivity index (χ2v) is 8.42. The molecule has 12 heteroatoms. The molecular weight excluding hydrogens is 436 g/mol. The van der Waals surface area contributed by atoms with Crippen LogP contribution in [-0.4, -0.2) is 29.9 Å². The van der Waals surface area contributed by atoms with Crippen LogP contribution in [0.15, 0.2) is 76.9 Å². The van der Waals surface area contributed by atoms with Crippen LogP contribution in [0.2, 0.25) is 0 Å². The summed E-state index contributed by atoms with van der Waals surface area (Å²) in [6.07, 6.45) is 1.56. The zero-order valence-electron chi connectivity index (χ0n) is 16.3. The molecule has 32 heavy (non-hydrogen) atoms. The van der Waals surface area contributed by atoms with E-state index in [2.05, 4.69) is 25.6 Å². The number of amides is 1. The average molecular weight is 452 g/mol. The van der Waals surface area contributed by atoms with Gasteiger partial charge in [0, 0.05) is 17.8 Å². The first kappa shape index (κ1) is 21.1. The van der Waals surface area contributed by atoms with Gasteiger partial charge in [0.15, 0.2) is 5.71 Å². The molecule has 11 nitrogen and oxygen atoms in total. The van der Waals surface area contributed by atoms with Gasteiger partial charge in [0.2, 0.25) is 10.0 Å². The highest BCUT2D eigenvalue weighted by atomic mass is 32.2. The fraction of sp³-hybridized carbons (Fsp3) is 0.0500. The van der Waals surface area contributed by atoms with E-state index in [0.29, 0.717) is 11.4 Å². The number of carbonyl (C=O) groups excluding carboxylic acids is 1. The molecule has 0 atom stereocenters. The Bertz CT molecular complexity index is 1340. The average Bonchev–Trinajstić information content (AvgIpc) is 3.11. The monoisotopic (exact) mass is 452 g/mol. The van der Waals surface area contributed by atoms with Crippen molar-refractivity contribution in [2.45, 2.75) is 11.4 Å². The Morgan fingerprint density at radius 1 is 1.09 bits per heavy atom. The first-order valence-electron chi connectivity index (χ1n) is 9.27. The van der Waals surface area contributed by atoms with Gasteiger partial charge in [-0.3, -0.25) is 25.3 Å². The number of para-hydroxylation sites is 2. The number of aromatic nitrogens is 1.